The number of nitrogens with zero attached hydrogens (tertiary/aromatic N) is 2. The minimum Gasteiger partial charge on any atom is -0.443 e. The summed E-state index contributed by atoms with van der Waals surface area (Å²) in [4.78, 5) is 0. The van der Waals surface area contributed by atoms with Crippen molar-refractivity contribution in [3.05, 3.63) is 46.1 Å². The van der Waals surface area contributed by atoms with Crippen LogP contribution in [-0.2, 0) is 7.05 Å². The number of benzene rings is 1. The third-order valence-corrected chi connectivity index (χ3v) is 3.94. The third kappa shape index (κ3) is 2.13. The molecule has 0 saturated carbocycles. The summed E-state index contributed by atoms with van der Waals surface area (Å²) < 4.78 is 8.03. The van der Waals surface area contributed by atoms with Gasteiger partial charge in [0.2, 0.25) is 0 Å². The quantitative estimate of drug-likeness (QED) is 0.746. The predicted octanol–water partition coefficient (Wildman–Crippen LogP) is 4.35. The Morgan fingerprint density at radius 3 is 2.65 bits per heavy atom. The number of hydrogen-bond donors (Lipinski definition) is 1. The summed E-state index contributed by atoms with van der Waals surface area (Å²) in [6, 6.07) is 11.3. The van der Waals surface area contributed by atoms with Crippen molar-refractivity contribution in [1.29, 1.82) is 0 Å². The van der Waals surface area contributed by atoms with Crippen molar-refractivity contribution in [2.75, 3.05) is 5.73 Å². The van der Waals surface area contributed by atoms with E-state index in [0.29, 0.717) is 22.5 Å². The summed E-state index contributed by atoms with van der Waals surface area (Å²) in [6.07, 6.45) is 0. The lowest BCUT2D eigenvalue weighted by Gasteiger charge is -2.05. The monoisotopic (exact) mass is 351 g/mol. The van der Waals surface area contributed by atoms with Crippen LogP contribution in [0.5, 0.6) is 0 Å². The van der Waals surface area contributed by atoms with Crippen LogP contribution in [0.25, 0.3) is 22.6 Å². The van der Waals surface area contributed by atoms with Crippen molar-refractivity contribution in [2.24, 2.45) is 7.05 Å². The first-order valence-corrected chi connectivity index (χ1v) is 7.08. The lowest BCUT2D eigenvalue weighted by Crippen LogP contribution is -1.98. The van der Waals surface area contributed by atoms with Gasteiger partial charge in [-0.25, -0.2) is 0 Å². The largest absolute Gasteiger partial charge is 0.443 e. The number of aryl methyl sites for hydroxylation is 1. The molecule has 0 amide bonds. The molecule has 102 valence electrons. The lowest BCUT2D eigenvalue weighted by atomic mass is 10.0. The van der Waals surface area contributed by atoms with Crippen LogP contribution in [0.4, 0.5) is 5.82 Å². The first-order chi connectivity index (χ1) is 9.58. The van der Waals surface area contributed by atoms with E-state index in [1.165, 1.54) is 0 Å². The Kier molecular flexibility index (Phi) is 3.31. The van der Waals surface area contributed by atoms with E-state index in [0.717, 1.165) is 15.6 Å². The summed E-state index contributed by atoms with van der Waals surface area (Å²) in [5.74, 6) is 1.16. The number of nitrogen functional groups attached to an aromatic ring is 1. The number of furan rings is 1. The highest BCUT2D eigenvalue weighted by Crippen LogP contribution is 2.40. The van der Waals surface area contributed by atoms with Gasteiger partial charge in [-0.15, -0.1) is 0 Å². The molecule has 0 aliphatic rings. The van der Waals surface area contributed by atoms with Gasteiger partial charge in [-0.05, 0) is 29.8 Å². The Labute approximate surface area is 129 Å². The molecular weight excluding hydrogens is 342 g/mol. The van der Waals surface area contributed by atoms with Crippen LogP contribution in [-0.4, -0.2) is 9.78 Å². The molecule has 6 heteroatoms. The highest BCUT2D eigenvalue weighted by molar-refractivity contribution is 9.10. The van der Waals surface area contributed by atoms with Crippen LogP contribution >= 0.6 is 27.5 Å². The Bertz CT molecular complexity index is 779. The van der Waals surface area contributed by atoms with Crippen LogP contribution in [0.2, 0.25) is 5.22 Å². The van der Waals surface area contributed by atoms with E-state index in [-0.39, 0.29) is 0 Å². The van der Waals surface area contributed by atoms with Crippen LogP contribution in [0, 0.1) is 0 Å². The number of rotatable bonds is 2. The minimum absolute atomic E-state index is 0.322. The van der Waals surface area contributed by atoms with Crippen LogP contribution in [0.3, 0.4) is 0 Å². The van der Waals surface area contributed by atoms with Gasteiger partial charge in [-0.1, -0.05) is 34.1 Å². The fraction of sp³-hybridized carbons (Fsp3) is 0.0714. The second kappa shape index (κ2) is 5.00. The van der Waals surface area contributed by atoms with Gasteiger partial charge in [-0.3, -0.25) is 4.68 Å². The van der Waals surface area contributed by atoms with Gasteiger partial charge in [0.1, 0.15) is 11.5 Å². The molecule has 2 aromatic heterocycles. The van der Waals surface area contributed by atoms with Crippen molar-refractivity contribution in [2.45, 2.75) is 0 Å². The zero-order valence-electron chi connectivity index (χ0n) is 10.6. The zero-order valence-corrected chi connectivity index (χ0v) is 12.9. The second-order valence-electron chi connectivity index (χ2n) is 4.32. The average molecular weight is 353 g/mol. The number of anilines is 1. The van der Waals surface area contributed by atoms with Crippen LogP contribution in [0.15, 0.2) is 45.3 Å². The minimum atomic E-state index is 0.322. The molecule has 0 radical (unpaired) electrons. The normalized spacial score (nSPS) is 10.9. The highest BCUT2D eigenvalue weighted by atomic mass is 79.9. The first kappa shape index (κ1) is 13.3. The summed E-state index contributed by atoms with van der Waals surface area (Å²) in [7, 11) is 1.80. The van der Waals surface area contributed by atoms with E-state index in [4.69, 9.17) is 21.8 Å². The standard InChI is InChI=1S/C14H11BrClN3O/c1-19-14(17)12(8-4-2-3-5-9(8)15)13(18-19)10-6-7-11(16)20-10/h2-7H,17H2,1H3. The summed E-state index contributed by atoms with van der Waals surface area (Å²) in [5, 5.41) is 4.75. The lowest BCUT2D eigenvalue weighted by molar-refractivity contribution is 0.580. The number of aromatic nitrogens is 2. The Morgan fingerprint density at radius 1 is 1.25 bits per heavy atom. The Morgan fingerprint density at radius 2 is 2.00 bits per heavy atom. The summed E-state index contributed by atoms with van der Waals surface area (Å²) in [5.41, 5.74) is 8.61. The molecular formula is C14H11BrClN3O. The molecule has 0 bridgehead atoms. The average Bonchev–Trinajstić information content (AvgIpc) is 2.96. The zero-order chi connectivity index (χ0) is 14.3. The van der Waals surface area contributed by atoms with E-state index < -0.39 is 0 Å². The van der Waals surface area contributed by atoms with Gasteiger partial charge in [-0.2, -0.15) is 5.10 Å². The topological polar surface area (TPSA) is 57.0 Å². The molecule has 2 N–H and O–H groups in total. The maximum absolute atomic E-state index is 6.15. The van der Waals surface area contributed by atoms with Crippen molar-refractivity contribution in [3.63, 3.8) is 0 Å². The molecule has 0 unspecified atom stereocenters. The molecule has 2 heterocycles. The van der Waals surface area contributed by atoms with E-state index in [1.807, 2.05) is 24.3 Å². The maximum Gasteiger partial charge on any atom is 0.194 e. The van der Waals surface area contributed by atoms with Gasteiger partial charge >= 0.3 is 0 Å². The van der Waals surface area contributed by atoms with E-state index in [9.17, 15) is 0 Å². The van der Waals surface area contributed by atoms with Gasteiger partial charge in [0, 0.05) is 17.1 Å². The van der Waals surface area contributed by atoms with Gasteiger partial charge in [0.15, 0.2) is 11.0 Å². The smallest absolute Gasteiger partial charge is 0.194 e. The first-order valence-electron chi connectivity index (χ1n) is 5.91. The number of hydrogen-bond acceptors (Lipinski definition) is 3. The number of nitrogens with two attached hydrogens (primary N) is 1. The highest BCUT2D eigenvalue weighted by Gasteiger charge is 2.21. The van der Waals surface area contributed by atoms with Crippen molar-refractivity contribution in [1.82, 2.24) is 9.78 Å². The maximum atomic E-state index is 6.15. The van der Waals surface area contributed by atoms with E-state index >= 15 is 0 Å². The van der Waals surface area contributed by atoms with Crippen LogP contribution in [0.1, 0.15) is 0 Å². The van der Waals surface area contributed by atoms with E-state index in [1.54, 1.807) is 23.9 Å². The Hall–Kier alpha value is -1.72. The van der Waals surface area contributed by atoms with Crippen molar-refractivity contribution >= 4 is 33.3 Å². The molecule has 20 heavy (non-hydrogen) atoms. The van der Waals surface area contributed by atoms with E-state index in [2.05, 4.69) is 21.0 Å². The summed E-state index contributed by atoms with van der Waals surface area (Å²) in [6.45, 7) is 0. The van der Waals surface area contributed by atoms with Crippen molar-refractivity contribution in [3.8, 4) is 22.6 Å². The van der Waals surface area contributed by atoms with Crippen LogP contribution < -0.4 is 5.73 Å². The Balaban J connectivity index is 2.28. The molecule has 0 saturated heterocycles. The van der Waals surface area contributed by atoms with Crippen molar-refractivity contribution < 1.29 is 4.42 Å². The molecule has 0 spiro atoms. The molecule has 3 rings (SSSR count). The molecule has 0 aliphatic carbocycles. The van der Waals surface area contributed by atoms with Gasteiger partial charge in [0.05, 0.1) is 5.56 Å². The fourth-order valence-electron chi connectivity index (χ4n) is 2.08. The molecule has 0 aliphatic heterocycles. The molecule has 0 fully saturated rings. The summed E-state index contributed by atoms with van der Waals surface area (Å²) >= 11 is 9.38. The molecule has 4 nitrogen and oxygen atoms in total. The SMILES string of the molecule is Cn1nc(-c2ccc(Cl)o2)c(-c2ccccc2Br)c1N. The van der Waals surface area contributed by atoms with Gasteiger partial charge < -0.3 is 10.2 Å². The third-order valence-electron chi connectivity index (χ3n) is 3.04. The van der Waals surface area contributed by atoms with Gasteiger partial charge in [0.25, 0.3) is 0 Å². The fourth-order valence-corrected chi connectivity index (χ4v) is 2.71. The predicted molar refractivity (Wildman–Crippen MR) is 83.5 cm³/mol. The molecule has 1 aromatic carbocycles. The molecule has 3 aromatic rings. The number of halogens is 2. The molecule has 0 atom stereocenters. The second-order valence-corrected chi connectivity index (χ2v) is 5.54.